The Kier molecular flexibility index (Phi) is 7.85. The predicted octanol–water partition coefficient (Wildman–Crippen LogP) is -0.426. The first-order valence-corrected chi connectivity index (χ1v) is 12.8. The molecule has 2 aromatic rings. The van der Waals surface area contributed by atoms with Crippen LogP contribution in [0.3, 0.4) is 0 Å². The number of hydrogen-bond donors (Lipinski definition) is 2. The van der Waals surface area contributed by atoms with Crippen molar-refractivity contribution in [1.29, 1.82) is 0 Å². The highest BCUT2D eigenvalue weighted by Crippen LogP contribution is 2.40. The number of nitrogens with two attached hydrogens (primary N) is 1. The first-order chi connectivity index (χ1) is 16.9. The number of carbonyl (C=O) groups is 3. The van der Waals surface area contributed by atoms with Crippen LogP contribution in [0.5, 0.6) is 0 Å². The molecule has 1 aliphatic carbocycles. The molecular formula is C22H23IN6O5S2. The van der Waals surface area contributed by atoms with E-state index in [4.69, 9.17) is 10.6 Å². The van der Waals surface area contributed by atoms with Gasteiger partial charge in [0.25, 0.3) is 11.8 Å². The zero-order valence-corrected chi connectivity index (χ0v) is 23.1. The number of rotatable bonds is 7. The van der Waals surface area contributed by atoms with Crippen LogP contribution in [-0.2, 0) is 38.6 Å². The Morgan fingerprint density at radius 1 is 1.42 bits per heavy atom. The van der Waals surface area contributed by atoms with Gasteiger partial charge in [-0.05, 0) is 18.9 Å². The van der Waals surface area contributed by atoms with Crippen LogP contribution in [0.1, 0.15) is 23.4 Å². The summed E-state index contributed by atoms with van der Waals surface area (Å²) in [5.74, 6) is -2.21. The lowest BCUT2D eigenvalue weighted by Gasteiger charge is -2.50. The van der Waals surface area contributed by atoms with Crippen LogP contribution in [0.2, 0.25) is 0 Å². The number of thioether (sulfide) groups is 1. The highest BCUT2D eigenvalue weighted by molar-refractivity contribution is 14.0. The third-order valence-corrected chi connectivity index (χ3v) is 8.20. The SMILES string of the molecule is CO/N=C(\C(=O)N[C@@H]1C(=O)N2C(C(=O)[O-])=C(C[n+]3cccc4c3CCC4)CS[C@H]12)c1csc(N)n1.I. The molecule has 2 aromatic heterocycles. The maximum absolute atomic E-state index is 13.0. The second-order valence-corrected chi connectivity index (χ2v) is 10.3. The van der Waals surface area contributed by atoms with E-state index in [0.717, 1.165) is 30.6 Å². The molecule has 0 saturated carbocycles. The lowest BCUT2D eigenvalue weighted by molar-refractivity contribution is -0.696. The fourth-order valence-corrected chi connectivity index (χ4v) is 6.54. The number of amides is 2. The molecule has 190 valence electrons. The lowest BCUT2D eigenvalue weighted by Crippen LogP contribution is -2.71. The van der Waals surface area contributed by atoms with Crippen molar-refractivity contribution in [2.24, 2.45) is 5.16 Å². The van der Waals surface area contributed by atoms with Gasteiger partial charge in [-0.2, -0.15) is 4.57 Å². The maximum atomic E-state index is 13.0. The third kappa shape index (κ3) is 4.68. The quantitative estimate of drug-likeness (QED) is 0.136. The van der Waals surface area contributed by atoms with Gasteiger partial charge in [0.2, 0.25) is 0 Å². The number of nitrogens with zero attached hydrogens (tertiary/aromatic N) is 4. The summed E-state index contributed by atoms with van der Waals surface area (Å²) in [4.78, 5) is 48.0. The summed E-state index contributed by atoms with van der Waals surface area (Å²) in [5.41, 5.74) is 8.69. The van der Waals surface area contributed by atoms with E-state index in [1.54, 1.807) is 5.38 Å². The molecule has 3 N–H and O–H groups in total. The average molecular weight is 643 g/mol. The number of pyridine rings is 1. The fraction of sp³-hybridized carbons (Fsp3) is 0.364. The number of aliphatic carboxylic acids is 1. The molecule has 2 amide bonds. The van der Waals surface area contributed by atoms with Crippen LogP contribution in [0.4, 0.5) is 5.13 Å². The number of fused-ring (bicyclic) bond motifs is 2. The number of oxime groups is 1. The zero-order valence-electron chi connectivity index (χ0n) is 19.1. The van der Waals surface area contributed by atoms with Crippen molar-refractivity contribution in [3.8, 4) is 0 Å². The molecule has 0 aromatic carbocycles. The number of hydrogen-bond acceptors (Lipinski definition) is 10. The fourth-order valence-electron chi connectivity index (χ4n) is 4.66. The second kappa shape index (κ2) is 10.7. The number of thiazole rings is 1. The summed E-state index contributed by atoms with van der Waals surface area (Å²) >= 11 is 2.53. The number of carboxylic acid groups (broad SMARTS) is 1. The number of anilines is 1. The molecule has 0 unspecified atom stereocenters. The van der Waals surface area contributed by atoms with Gasteiger partial charge in [0.15, 0.2) is 29.3 Å². The van der Waals surface area contributed by atoms with Crippen LogP contribution in [0.25, 0.3) is 0 Å². The number of aryl methyl sites for hydroxylation is 1. The van der Waals surface area contributed by atoms with Crippen molar-refractivity contribution in [2.45, 2.75) is 37.2 Å². The van der Waals surface area contributed by atoms with Gasteiger partial charge in [-0.25, -0.2) is 4.98 Å². The minimum atomic E-state index is -1.41. The van der Waals surface area contributed by atoms with Gasteiger partial charge in [0, 0.05) is 34.8 Å². The zero-order chi connectivity index (χ0) is 24.7. The van der Waals surface area contributed by atoms with Crippen molar-refractivity contribution < 1.29 is 28.9 Å². The molecule has 1 saturated heterocycles. The van der Waals surface area contributed by atoms with Gasteiger partial charge in [-0.3, -0.25) is 14.5 Å². The Morgan fingerprint density at radius 2 is 2.22 bits per heavy atom. The Balaban J connectivity index is 0.00000304. The number of halogens is 1. The number of carbonyl (C=O) groups excluding carboxylic acids is 3. The monoisotopic (exact) mass is 642 g/mol. The highest BCUT2D eigenvalue weighted by Gasteiger charge is 2.53. The summed E-state index contributed by atoms with van der Waals surface area (Å²) in [7, 11) is 1.29. The standard InChI is InChI=1S/C22H22N6O5S2.HI/c1-33-26-15(13-10-35-22(23)24-13)18(29)25-16-19(30)28-17(21(31)32)12(9-34-20(16)28)8-27-7-3-5-11-4-2-6-14(11)27;/h3,5,7,10,16,20H,2,4,6,8-9H2,1H3,(H3-,23,24,25,29,31,32);1H/b26-15-;/t16-,20-;/m1./s1. The van der Waals surface area contributed by atoms with Crippen LogP contribution >= 0.6 is 47.1 Å². The van der Waals surface area contributed by atoms with E-state index in [9.17, 15) is 19.5 Å². The van der Waals surface area contributed by atoms with Crippen LogP contribution in [0, 0.1) is 0 Å². The van der Waals surface area contributed by atoms with Gasteiger partial charge in [0.05, 0.1) is 11.7 Å². The summed E-state index contributed by atoms with van der Waals surface area (Å²) in [6, 6.07) is 3.12. The van der Waals surface area contributed by atoms with Crippen LogP contribution in [0.15, 0.2) is 40.1 Å². The van der Waals surface area contributed by atoms with Gasteiger partial charge < -0.3 is 25.8 Å². The molecule has 4 heterocycles. The molecule has 14 heteroatoms. The Morgan fingerprint density at radius 3 is 2.92 bits per heavy atom. The van der Waals surface area contributed by atoms with E-state index in [1.807, 2.05) is 12.3 Å². The van der Waals surface area contributed by atoms with Gasteiger partial charge in [-0.1, -0.05) is 5.16 Å². The van der Waals surface area contributed by atoms with Crippen LogP contribution < -0.4 is 20.7 Å². The third-order valence-electron chi connectivity index (χ3n) is 6.19. The molecule has 36 heavy (non-hydrogen) atoms. The summed E-state index contributed by atoms with van der Waals surface area (Å²) in [6.45, 7) is 0.364. The number of aromatic nitrogens is 2. The minimum Gasteiger partial charge on any atom is -0.543 e. The molecule has 3 aliphatic rings. The van der Waals surface area contributed by atoms with Crippen molar-refractivity contribution >= 4 is 75.7 Å². The average Bonchev–Trinajstić information content (AvgIpc) is 3.49. The van der Waals surface area contributed by atoms with Crippen molar-refractivity contribution in [3.05, 3.63) is 51.9 Å². The number of nitrogen functional groups attached to an aromatic ring is 1. The summed E-state index contributed by atoms with van der Waals surface area (Å²) in [6.07, 6.45) is 4.94. The van der Waals surface area contributed by atoms with Crippen molar-refractivity contribution in [1.82, 2.24) is 15.2 Å². The Labute approximate surface area is 231 Å². The molecule has 0 bridgehead atoms. The van der Waals surface area contributed by atoms with E-state index in [0.29, 0.717) is 17.9 Å². The number of nitrogens with one attached hydrogen (secondary N) is 1. The molecule has 1 fully saturated rings. The smallest absolute Gasteiger partial charge is 0.276 e. The summed E-state index contributed by atoms with van der Waals surface area (Å²) < 4.78 is 2.05. The first-order valence-electron chi connectivity index (χ1n) is 10.9. The van der Waals surface area contributed by atoms with Gasteiger partial charge >= 0.3 is 0 Å². The summed E-state index contributed by atoms with van der Waals surface area (Å²) in [5, 5.41) is 19.7. The Hall–Kier alpha value is -2.72. The lowest BCUT2D eigenvalue weighted by atomic mass is 10.0. The van der Waals surface area contributed by atoms with Crippen LogP contribution in [-0.4, -0.2) is 57.7 Å². The first kappa shape index (κ1) is 26.3. The van der Waals surface area contributed by atoms with Crippen molar-refractivity contribution in [3.63, 3.8) is 0 Å². The normalized spacial score (nSPS) is 20.8. The van der Waals surface area contributed by atoms with E-state index < -0.39 is 29.2 Å². The van der Waals surface area contributed by atoms with E-state index >= 15 is 0 Å². The maximum Gasteiger partial charge on any atom is 0.276 e. The van der Waals surface area contributed by atoms with Gasteiger partial charge in [0.1, 0.15) is 24.2 Å². The largest absolute Gasteiger partial charge is 0.543 e. The number of carboxylic acids is 1. The predicted molar refractivity (Wildman–Crippen MR) is 141 cm³/mol. The molecule has 0 radical (unpaired) electrons. The highest BCUT2D eigenvalue weighted by atomic mass is 127. The molecular weight excluding hydrogens is 619 g/mol. The molecule has 0 spiro atoms. The van der Waals surface area contributed by atoms with Crippen molar-refractivity contribution in [2.75, 3.05) is 18.6 Å². The van der Waals surface area contributed by atoms with E-state index in [1.165, 1.54) is 35.0 Å². The topological polar surface area (TPSA) is 154 Å². The molecule has 5 rings (SSSR count). The van der Waals surface area contributed by atoms with Gasteiger partial charge in [-0.15, -0.1) is 47.1 Å². The van der Waals surface area contributed by atoms with E-state index in [2.05, 4.69) is 26.1 Å². The minimum absolute atomic E-state index is 0. The molecule has 11 nitrogen and oxygen atoms in total. The molecule has 2 aliphatic heterocycles. The second-order valence-electron chi connectivity index (χ2n) is 8.26. The number of β-lactam (4-membered cyclic amide) rings is 1. The Bertz CT molecular complexity index is 1300. The molecule has 2 atom stereocenters. The van der Waals surface area contributed by atoms with E-state index in [-0.39, 0.29) is 46.2 Å².